The number of hydrogen-bond donors (Lipinski definition) is 2. The van der Waals surface area contributed by atoms with Crippen LogP contribution in [0.1, 0.15) is 67.7 Å². The molecule has 2 N–H and O–H groups in total. The van der Waals surface area contributed by atoms with Crippen molar-refractivity contribution >= 4 is 29.6 Å². The minimum atomic E-state index is -0.395. The number of imide groups is 1. The molecule has 4 aliphatic rings. The van der Waals surface area contributed by atoms with Gasteiger partial charge in [-0.2, -0.15) is 0 Å². The number of piperazine rings is 1. The zero-order chi connectivity index (χ0) is 37.9. The molecule has 0 saturated carbocycles. The van der Waals surface area contributed by atoms with Gasteiger partial charge < -0.3 is 24.3 Å². The van der Waals surface area contributed by atoms with Crippen molar-refractivity contribution in [3.8, 4) is 22.6 Å². The third-order valence-corrected chi connectivity index (χ3v) is 11.0. The largest absolute Gasteiger partial charge is 0.496 e. The first-order valence-electron chi connectivity index (χ1n) is 19.1. The van der Waals surface area contributed by atoms with Crippen molar-refractivity contribution in [2.75, 3.05) is 58.2 Å². The summed E-state index contributed by atoms with van der Waals surface area (Å²) in [6, 6.07) is 11.9. The quantitative estimate of drug-likeness (QED) is 0.284. The molecule has 0 spiro atoms. The van der Waals surface area contributed by atoms with Gasteiger partial charge in [0.1, 0.15) is 17.5 Å². The highest BCUT2D eigenvalue weighted by atomic mass is 16.5. The van der Waals surface area contributed by atoms with Crippen LogP contribution in [0.2, 0.25) is 0 Å². The highest BCUT2D eigenvalue weighted by Crippen LogP contribution is 2.39. The van der Waals surface area contributed by atoms with Gasteiger partial charge in [-0.05, 0) is 81.9 Å². The number of aliphatic imine (C=N–C) groups is 1. The van der Waals surface area contributed by atoms with E-state index in [1.807, 2.05) is 49.2 Å². The standard InChI is InChI=1S/C41H51N7O6/c1-26(2)54-36-20-31(34-24-45(3)41(52)33-22-42-21-32(33)34)37(53-4)19-29(36)23-47-15-17-48(18-16-47)39(50)25-46-13-11-28(12-14-46)27-5-7-30(8-6-27)43-35-9-10-38(49)44-40(35)51/h5-8,19-21,24,26,28,35,43H,9-18,22-23,25H2,1-4H3,(H,44,49,51). The van der Waals surface area contributed by atoms with Gasteiger partial charge in [0.15, 0.2) is 0 Å². The second-order valence-corrected chi connectivity index (χ2v) is 15.1. The molecule has 3 amide bonds. The van der Waals surface area contributed by atoms with Crippen molar-refractivity contribution < 1.29 is 23.9 Å². The van der Waals surface area contributed by atoms with Gasteiger partial charge in [-0.15, -0.1) is 0 Å². The van der Waals surface area contributed by atoms with Crippen molar-refractivity contribution in [2.45, 2.75) is 70.7 Å². The molecule has 5 heterocycles. The number of aromatic nitrogens is 1. The maximum absolute atomic E-state index is 13.4. The van der Waals surface area contributed by atoms with E-state index in [4.69, 9.17) is 9.47 Å². The average molecular weight is 738 g/mol. The van der Waals surface area contributed by atoms with E-state index in [0.29, 0.717) is 62.8 Å². The minimum absolute atomic E-state index is 0.0355. The van der Waals surface area contributed by atoms with Crippen LogP contribution in [-0.4, -0.2) is 108 Å². The third kappa shape index (κ3) is 8.22. The summed E-state index contributed by atoms with van der Waals surface area (Å²) in [5, 5.41) is 5.64. The first-order valence-corrected chi connectivity index (χ1v) is 19.1. The van der Waals surface area contributed by atoms with E-state index in [0.717, 1.165) is 72.7 Å². The lowest BCUT2D eigenvalue weighted by Gasteiger charge is -2.37. The van der Waals surface area contributed by atoms with Crippen LogP contribution < -0.4 is 25.7 Å². The van der Waals surface area contributed by atoms with Gasteiger partial charge in [0, 0.05) is 92.1 Å². The maximum atomic E-state index is 13.4. The van der Waals surface area contributed by atoms with Crippen molar-refractivity contribution in [3.63, 3.8) is 0 Å². The molecule has 54 heavy (non-hydrogen) atoms. The SMILES string of the molecule is COc1cc(CN2CCN(C(=O)CN3CCC(c4ccc(NC5CCC(=O)NC5=O)cc4)CC3)CC2)c(OC(C)C)cc1-c1cn(C)c(=O)c2c1C=NC2. The molecule has 7 rings (SSSR count). The number of benzene rings is 2. The lowest BCUT2D eigenvalue weighted by Crippen LogP contribution is -2.51. The fourth-order valence-corrected chi connectivity index (χ4v) is 8.02. The molecule has 3 aromatic rings. The second kappa shape index (κ2) is 16.2. The van der Waals surface area contributed by atoms with Gasteiger partial charge in [-0.1, -0.05) is 12.1 Å². The van der Waals surface area contributed by atoms with Crippen LogP contribution >= 0.6 is 0 Å². The number of methoxy groups -OCH3 is 1. The van der Waals surface area contributed by atoms with Crippen LogP contribution in [0.15, 0.2) is 52.4 Å². The maximum Gasteiger partial charge on any atom is 0.256 e. The summed E-state index contributed by atoms with van der Waals surface area (Å²) in [5.74, 6) is 1.61. The van der Waals surface area contributed by atoms with E-state index in [-0.39, 0.29) is 29.4 Å². The molecule has 4 aliphatic heterocycles. The summed E-state index contributed by atoms with van der Waals surface area (Å²) in [5.41, 5.74) is 6.38. The highest BCUT2D eigenvalue weighted by Gasteiger charge is 2.29. The van der Waals surface area contributed by atoms with Crippen LogP contribution in [0.5, 0.6) is 11.5 Å². The third-order valence-electron chi connectivity index (χ3n) is 11.0. The van der Waals surface area contributed by atoms with E-state index < -0.39 is 6.04 Å². The molecule has 286 valence electrons. The van der Waals surface area contributed by atoms with Crippen molar-refractivity contribution in [1.82, 2.24) is 24.6 Å². The number of carbonyl (C=O) groups is 3. The zero-order valence-corrected chi connectivity index (χ0v) is 31.7. The van der Waals surface area contributed by atoms with Gasteiger partial charge in [-0.3, -0.25) is 39.3 Å². The Bertz CT molecular complexity index is 1970. The number of rotatable bonds is 11. The normalized spacial score (nSPS) is 19.6. The summed E-state index contributed by atoms with van der Waals surface area (Å²) >= 11 is 0. The number of fused-ring (bicyclic) bond motifs is 1. The van der Waals surface area contributed by atoms with Crippen LogP contribution in [0.3, 0.4) is 0 Å². The molecule has 1 unspecified atom stereocenters. The Hall–Kier alpha value is -5.01. The molecular weight excluding hydrogens is 686 g/mol. The molecule has 3 fully saturated rings. The lowest BCUT2D eigenvalue weighted by molar-refractivity contribution is -0.135. The second-order valence-electron chi connectivity index (χ2n) is 15.1. The molecule has 3 saturated heterocycles. The smallest absolute Gasteiger partial charge is 0.256 e. The summed E-state index contributed by atoms with van der Waals surface area (Å²) in [6.07, 6.45) is 6.41. The Balaban J connectivity index is 0.916. The Morgan fingerprint density at radius 3 is 2.37 bits per heavy atom. The molecule has 0 aliphatic carbocycles. The van der Waals surface area contributed by atoms with E-state index >= 15 is 0 Å². The number of likely N-dealkylation sites (tertiary alicyclic amines) is 1. The molecule has 0 radical (unpaired) electrons. The molecule has 1 aromatic heterocycles. The number of ether oxygens (including phenoxy) is 2. The Morgan fingerprint density at radius 2 is 1.69 bits per heavy atom. The summed E-state index contributed by atoms with van der Waals surface area (Å²) in [4.78, 5) is 60.8. The van der Waals surface area contributed by atoms with Gasteiger partial charge in [0.2, 0.25) is 17.7 Å². The van der Waals surface area contributed by atoms with Crippen molar-refractivity contribution in [3.05, 3.63) is 75.2 Å². The number of nitrogens with one attached hydrogen (secondary N) is 2. The summed E-state index contributed by atoms with van der Waals surface area (Å²) < 4.78 is 13.9. The fourth-order valence-electron chi connectivity index (χ4n) is 8.02. The van der Waals surface area contributed by atoms with Crippen LogP contribution in [-0.2, 0) is 34.5 Å². The predicted molar refractivity (Wildman–Crippen MR) is 207 cm³/mol. The van der Waals surface area contributed by atoms with Gasteiger partial charge >= 0.3 is 0 Å². The highest BCUT2D eigenvalue weighted by molar-refractivity contribution is 6.01. The fraction of sp³-hybridized carbons (Fsp3) is 0.488. The number of pyridine rings is 1. The first kappa shape index (κ1) is 37.3. The zero-order valence-electron chi connectivity index (χ0n) is 31.7. The molecular formula is C41H51N7O6. The van der Waals surface area contributed by atoms with Crippen LogP contribution in [0, 0.1) is 0 Å². The van der Waals surface area contributed by atoms with E-state index in [1.54, 1.807) is 24.9 Å². The van der Waals surface area contributed by atoms with Gasteiger partial charge in [0.05, 0.1) is 26.3 Å². The van der Waals surface area contributed by atoms with Crippen LogP contribution in [0.4, 0.5) is 5.69 Å². The molecule has 2 aromatic carbocycles. The average Bonchev–Trinajstić information content (AvgIpc) is 3.66. The summed E-state index contributed by atoms with van der Waals surface area (Å²) in [6.45, 7) is 10.1. The van der Waals surface area contributed by atoms with Gasteiger partial charge in [0.25, 0.3) is 5.56 Å². The number of amides is 3. The summed E-state index contributed by atoms with van der Waals surface area (Å²) in [7, 11) is 3.43. The number of anilines is 1. The van der Waals surface area contributed by atoms with Gasteiger partial charge in [-0.25, -0.2) is 0 Å². The Morgan fingerprint density at radius 1 is 0.944 bits per heavy atom. The topological polar surface area (TPSA) is 138 Å². The number of nitrogens with zero attached hydrogens (tertiary/aromatic N) is 5. The van der Waals surface area contributed by atoms with Crippen molar-refractivity contribution in [1.29, 1.82) is 0 Å². The molecule has 1 atom stereocenters. The molecule has 0 bridgehead atoms. The number of aryl methyl sites for hydroxylation is 1. The van der Waals surface area contributed by atoms with Crippen LogP contribution in [0.25, 0.3) is 11.1 Å². The predicted octanol–water partition coefficient (Wildman–Crippen LogP) is 3.52. The van der Waals surface area contributed by atoms with E-state index in [1.165, 1.54) is 5.56 Å². The number of hydrogen-bond acceptors (Lipinski definition) is 10. The van der Waals surface area contributed by atoms with E-state index in [2.05, 4.69) is 37.6 Å². The monoisotopic (exact) mass is 737 g/mol. The molecule has 13 heteroatoms. The lowest BCUT2D eigenvalue weighted by atomic mass is 9.89. The Labute approximate surface area is 316 Å². The number of piperidine rings is 2. The van der Waals surface area contributed by atoms with Crippen molar-refractivity contribution in [2.24, 2.45) is 12.0 Å². The Kier molecular flexibility index (Phi) is 11.2. The molecule has 13 nitrogen and oxygen atoms in total. The minimum Gasteiger partial charge on any atom is -0.496 e. The number of carbonyl (C=O) groups excluding carboxylic acids is 3. The first-order chi connectivity index (χ1) is 26.1. The van der Waals surface area contributed by atoms with E-state index in [9.17, 15) is 19.2 Å².